The molecule has 4 heteroatoms. The van der Waals surface area contributed by atoms with Gasteiger partial charge in [-0.3, -0.25) is 4.90 Å². The minimum Gasteiger partial charge on any atom is -0.316 e. The lowest BCUT2D eigenvalue weighted by molar-refractivity contribution is 0.315. The Morgan fingerprint density at radius 3 is 2.74 bits per heavy atom. The number of aryl methyl sites for hydroxylation is 1. The van der Waals surface area contributed by atoms with Crippen LogP contribution in [0.25, 0.3) is 0 Å². The van der Waals surface area contributed by atoms with Gasteiger partial charge in [-0.25, -0.2) is 4.98 Å². The molecule has 0 saturated heterocycles. The fourth-order valence-corrected chi connectivity index (χ4v) is 2.77. The van der Waals surface area contributed by atoms with Crippen LogP contribution in [0.15, 0.2) is 29.6 Å². The number of aromatic nitrogens is 1. The van der Waals surface area contributed by atoms with Crippen molar-refractivity contribution in [3.63, 3.8) is 0 Å². The van der Waals surface area contributed by atoms with Gasteiger partial charge in [0.2, 0.25) is 0 Å². The number of thiazole rings is 1. The normalized spacial score (nSPS) is 11.2. The molecule has 0 spiro atoms. The van der Waals surface area contributed by atoms with Crippen LogP contribution in [0.4, 0.5) is 0 Å². The average Bonchev–Trinajstić information content (AvgIpc) is 2.75. The van der Waals surface area contributed by atoms with Crippen molar-refractivity contribution in [3.8, 4) is 0 Å². The van der Waals surface area contributed by atoms with Gasteiger partial charge in [0.1, 0.15) is 0 Å². The van der Waals surface area contributed by atoms with E-state index in [1.54, 1.807) is 11.3 Å². The molecule has 19 heavy (non-hydrogen) atoms. The Bertz CT molecular complexity index is 522. The summed E-state index contributed by atoms with van der Waals surface area (Å²) < 4.78 is 0. The summed E-state index contributed by atoms with van der Waals surface area (Å²) in [5.74, 6) is 0. The highest BCUT2D eigenvalue weighted by molar-refractivity contribution is 7.09. The Morgan fingerprint density at radius 2 is 2.05 bits per heavy atom. The molecule has 102 valence electrons. The van der Waals surface area contributed by atoms with Gasteiger partial charge in [0.25, 0.3) is 0 Å². The second-order valence-corrected chi connectivity index (χ2v) is 5.94. The number of nitrogens with one attached hydrogen (secondary N) is 1. The van der Waals surface area contributed by atoms with E-state index in [1.807, 2.05) is 7.05 Å². The highest BCUT2D eigenvalue weighted by atomic mass is 32.1. The summed E-state index contributed by atoms with van der Waals surface area (Å²) in [6.45, 7) is 4.83. The van der Waals surface area contributed by atoms with Gasteiger partial charge in [-0.05, 0) is 32.1 Å². The van der Waals surface area contributed by atoms with Crippen molar-refractivity contribution in [3.05, 3.63) is 51.5 Å². The first-order chi connectivity index (χ1) is 9.17. The molecule has 0 atom stereocenters. The molecule has 2 aromatic rings. The van der Waals surface area contributed by atoms with E-state index in [0.29, 0.717) is 0 Å². The third-order valence-corrected chi connectivity index (χ3v) is 3.75. The number of nitrogens with zero attached hydrogens (tertiary/aromatic N) is 2. The predicted molar refractivity (Wildman–Crippen MR) is 81.2 cm³/mol. The molecule has 0 amide bonds. The van der Waals surface area contributed by atoms with Crippen LogP contribution in [0.1, 0.15) is 21.8 Å². The van der Waals surface area contributed by atoms with Crippen LogP contribution >= 0.6 is 11.3 Å². The molecule has 0 aliphatic carbocycles. The molecule has 0 fully saturated rings. The first-order valence-electron chi connectivity index (χ1n) is 6.49. The molecule has 1 heterocycles. The van der Waals surface area contributed by atoms with Gasteiger partial charge in [-0.1, -0.05) is 24.3 Å². The average molecular weight is 275 g/mol. The van der Waals surface area contributed by atoms with Crippen LogP contribution < -0.4 is 5.32 Å². The largest absolute Gasteiger partial charge is 0.316 e. The molecule has 1 aromatic heterocycles. The first-order valence-corrected chi connectivity index (χ1v) is 7.37. The van der Waals surface area contributed by atoms with E-state index in [1.165, 1.54) is 11.1 Å². The maximum Gasteiger partial charge on any atom is 0.0897 e. The number of hydrogen-bond acceptors (Lipinski definition) is 4. The van der Waals surface area contributed by atoms with E-state index in [-0.39, 0.29) is 0 Å². The monoisotopic (exact) mass is 275 g/mol. The van der Waals surface area contributed by atoms with Crippen LogP contribution in [0.3, 0.4) is 0 Å². The fourth-order valence-electron chi connectivity index (χ4n) is 2.17. The molecule has 2 rings (SSSR count). The molecule has 0 radical (unpaired) electrons. The highest BCUT2D eigenvalue weighted by Crippen LogP contribution is 2.12. The predicted octanol–water partition coefficient (Wildman–Crippen LogP) is 2.80. The van der Waals surface area contributed by atoms with Gasteiger partial charge >= 0.3 is 0 Å². The summed E-state index contributed by atoms with van der Waals surface area (Å²) in [5.41, 5.74) is 3.84. The fraction of sp³-hybridized carbons (Fsp3) is 0.400. The Hall–Kier alpha value is -1.23. The van der Waals surface area contributed by atoms with Crippen LogP contribution in [-0.2, 0) is 19.6 Å². The van der Waals surface area contributed by atoms with E-state index in [4.69, 9.17) is 0 Å². The Balaban J connectivity index is 1.94. The highest BCUT2D eigenvalue weighted by Gasteiger charge is 2.05. The molecule has 0 unspecified atom stereocenters. The summed E-state index contributed by atoms with van der Waals surface area (Å²) in [4.78, 5) is 6.80. The van der Waals surface area contributed by atoms with E-state index < -0.39 is 0 Å². The lowest BCUT2D eigenvalue weighted by Crippen LogP contribution is -2.17. The van der Waals surface area contributed by atoms with Gasteiger partial charge in [0, 0.05) is 25.0 Å². The maximum atomic E-state index is 4.51. The summed E-state index contributed by atoms with van der Waals surface area (Å²) in [7, 11) is 4.11. The number of benzene rings is 1. The molecular formula is C15H21N3S. The molecule has 3 nitrogen and oxygen atoms in total. The molecule has 1 N–H and O–H groups in total. The van der Waals surface area contributed by atoms with Crippen molar-refractivity contribution in [1.29, 1.82) is 0 Å². The Morgan fingerprint density at radius 1 is 1.26 bits per heavy atom. The van der Waals surface area contributed by atoms with E-state index >= 15 is 0 Å². The lowest BCUT2D eigenvalue weighted by atomic mass is 10.1. The quantitative estimate of drug-likeness (QED) is 0.878. The molecule has 0 aliphatic heterocycles. The Kier molecular flexibility index (Phi) is 5.07. The summed E-state index contributed by atoms with van der Waals surface area (Å²) in [6.07, 6.45) is 0. The third kappa shape index (κ3) is 4.42. The van der Waals surface area contributed by atoms with Crippen molar-refractivity contribution in [2.45, 2.75) is 26.6 Å². The summed E-state index contributed by atoms with van der Waals surface area (Å²) in [5, 5.41) is 6.47. The zero-order chi connectivity index (χ0) is 13.7. The zero-order valence-electron chi connectivity index (χ0n) is 11.8. The Labute approximate surface area is 119 Å². The van der Waals surface area contributed by atoms with Gasteiger partial charge < -0.3 is 5.32 Å². The standard InChI is InChI=1S/C15H21N3S/c1-12-17-15(11-19-12)10-18(3)9-14-6-4-5-13(7-14)8-16-2/h4-7,11,16H,8-10H2,1-3H3. The molecule has 0 saturated carbocycles. The maximum absolute atomic E-state index is 4.51. The van der Waals surface area contributed by atoms with E-state index in [2.05, 4.69) is 58.8 Å². The molecule has 0 aliphatic rings. The van der Waals surface area contributed by atoms with Gasteiger partial charge in [-0.15, -0.1) is 11.3 Å². The van der Waals surface area contributed by atoms with Crippen LogP contribution in [-0.4, -0.2) is 24.0 Å². The van der Waals surface area contributed by atoms with Crippen molar-refractivity contribution < 1.29 is 0 Å². The minimum absolute atomic E-state index is 0.903. The minimum atomic E-state index is 0.903. The molecule has 1 aromatic carbocycles. The number of hydrogen-bond donors (Lipinski definition) is 1. The van der Waals surface area contributed by atoms with Crippen molar-refractivity contribution in [1.82, 2.24) is 15.2 Å². The zero-order valence-corrected chi connectivity index (χ0v) is 12.6. The van der Waals surface area contributed by atoms with Gasteiger partial charge in [0.15, 0.2) is 0 Å². The van der Waals surface area contributed by atoms with Gasteiger partial charge in [-0.2, -0.15) is 0 Å². The molecular weight excluding hydrogens is 254 g/mol. The molecule has 0 bridgehead atoms. The summed E-state index contributed by atoms with van der Waals surface area (Å²) >= 11 is 1.72. The topological polar surface area (TPSA) is 28.2 Å². The van der Waals surface area contributed by atoms with E-state index in [0.717, 1.165) is 30.3 Å². The van der Waals surface area contributed by atoms with Crippen molar-refractivity contribution >= 4 is 11.3 Å². The second kappa shape index (κ2) is 6.80. The van der Waals surface area contributed by atoms with Crippen molar-refractivity contribution in [2.24, 2.45) is 0 Å². The SMILES string of the molecule is CNCc1cccc(CN(C)Cc2csc(C)n2)c1. The van der Waals surface area contributed by atoms with Crippen LogP contribution in [0.2, 0.25) is 0 Å². The lowest BCUT2D eigenvalue weighted by Gasteiger charge is -2.16. The van der Waals surface area contributed by atoms with E-state index in [9.17, 15) is 0 Å². The second-order valence-electron chi connectivity index (χ2n) is 4.88. The third-order valence-electron chi connectivity index (χ3n) is 2.92. The van der Waals surface area contributed by atoms with Crippen LogP contribution in [0.5, 0.6) is 0 Å². The smallest absolute Gasteiger partial charge is 0.0897 e. The summed E-state index contributed by atoms with van der Waals surface area (Å²) in [6, 6.07) is 8.73. The van der Waals surface area contributed by atoms with Crippen molar-refractivity contribution in [2.75, 3.05) is 14.1 Å². The first kappa shape index (κ1) is 14.2. The number of rotatable bonds is 6. The van der Waals surface area contributed by atoms with Crippen LogP contribution in [0, 0.1) is 6.92 Å². The van der Waals surface area contributed by atoms with Gasteiger partial charge in [0.05, 0.1) is 10.7 Å².